The van der Waals surface area contributed by atoms with Gasteiger partial charge in [0.1, 0.15) is 18.0 Å². The van der Waals surface area contributed by atoms with Crippen LogP contribution in [0.3, 0.4) is 0 Å². The van der Waals surface area contributed by atoms with Gasteiger partial charge in [0.2, 0.25) is 10.0 Å². The van der Waals surface area contributed by atoms with E-state index in [-0.39, 0.29) is 16.2 Å². The lowest BCUT2D eigenvalue weighted by molar-refractivity contribution is 0.125. The molecule has 1 atom stereocenters. The van der Waals surface area contributed by atoms with Crippen LogP contribution < -0.4 is 0 Å². The Kier molecular flexibility index (Phi) is 4.15. The monoisotopic (exact) mass is 378 g/mol. The summed E-state index contributed by atoms with van der Waals surface area (Å²) in [6, 6.07) is 4.13. The summed E-state index contributed by atoms with van der Waals surface area (Å²) in [6.45, 7) is 5.24. The summed E-state index contributed by atoms with van der Waals surface area (Å²) < 4.78 is 43.6. The minimum atomic E-state index is -3.73. The van der Waals surface area contributed by atoms with Gasteiger partial charge in [0.25, 0.3) is 0 Å². The Morgan fingerprint density at radius 2 is 2.12 bits per heavy atom. The smallest absolute Gasteiger partial charge is 0.243 e. The SMILES string of the molecule is CCn1cnnc1C1CN(S(=O)(=O)c2ccc(C)c(F)c2)CC12CCC2. The van der Waals surface area contributed by atoms with Crippen molar-refractivity contribution in [2.45, 2.75) is 50.5 Å². The maximum absolute atomic E-state index is 13.9. The van der Waals surface area contributed by atoms with Crippen molar-refractivity contribution in [3.63, 3.8) is 0 Å². The summed E-state index contributed by atoms with van der Waals surface area (Å²) in [5.41, 5.74) is 0.366. The van der Waals surface area contributed by atoms with Gasteiger partial charge in [0, 0.05) is 25.6 Å². The molecule has 1 aromatic heterocycles. The minimum Gasteiger partial charge on any atom is -0.318 e. The molecule has 2 aliphatic rings. The fourth-order valence-electron chi connectivity index (χ4n) is 4.26. The van der Waals surface area contributed by atoms with Crippen LogP contribution in [0, 0.1) is 18.2 Å². The summed E-state index contributed by atoms with van der Waals surface area (Å²) in [6.07, 6.45) is 4.78. The number of benzene rings is 1. The van der Waals surface area contributed by atoms with Crippen LogP contribution in [0.1, 0.15) is 43.5 Å². The van der Waals surface area contributed by atoms with E-state index in [2.05, 4.69) is 10.2 Å². The van der Waals surface area contributed by atoms with Crippen LogP contribution in [0.5, 0.6) is 0 Å². The van der Waals surface area contributed by atoms with Crippen molar-refractivity contribution in [3.8, 4) is 0 Å². The van der Waals surface area contributed by atoms with Gasteiger partial charge in [-0.3, -0.25) is 0 Å². The Morgan fingerprint density at radius 3 is 2.73 bits per heavy atom. The largest absolute Gasteiger partial charge is 0.318 e. The second-order valence-electron chi connectivity index (χ2n) is 7.45. The summed E-state index contributed by atoms with van der Waals surface area (Å²) in [7, 11) is -3.73. The van der Waals surface area contributed by atoms with Crippen LogP contribution in [0.15, 0.2) is 29.4 Å². The first-order valence-electron chi connectivity index (χ1n) is 9.01. The van der Waals surface area contributed by atoms with E-state index in [1.54, 1.807) is 13.3 Å². The highest BCUT2D eigenvalue weighted by Gasteiger charge is 2.55. The average Bonchev–Trinajstić information content (AvgIpc) is 3.20. The van der Waals surface area contributed by atoms with E-state index in [1.165, 1.54) is 16.4 Å². The van der Waals surface area contributed by atoms with Crippen molar-refractivity contribution in [1.82, 2.24) is 19.1 Å². The predicted molar refractivity (Wildman–Crippen MR) is 94.6 cm³/mol. The second kappa shape index (κ2) is 6.13. The van der Waals surface area contributed by atoms with Crippen LogP contribution in [0.4, 0.5) is 4.39 Å². The lowest BCUT2D eigenvalue weighted by atomic mass is 9.62. The summed E-state index contributed by atoms with van der Waals surface area (Å²) >= 11 is 0. The summed E-state index contributed by atoms with van der Waals surface area (Å²) in [4.78, 5) is 0.0210. The normalized spacial score (nSPS) is 22.7. The fraction of sp³-hybridized carbons (Fsp3) is 0.556. The second-order valence-corrected chi connectivity index (χ2v) is 9.39. The molecule has 2 heterocycles. The first-order valence-corrected chi connectivity index (χ1v) is 10.5. The first-order chi connectivity index (χ1) is 12.4. The minimum absolute atomic E-state index is 0.0210. The van der Waals surface area contributed by atoms with Gasteiger partial charge < -0.3 is 4.57 Å². The Bertz CT molecular complexity index is 936. The van der Waals surface area contributed by atoms with Crippen molar-refractivity contribution in [1.29, 1.82) is 0 Å². The quantitative estimate of drug-likeness (QED) is 0.820. The molecular formula is C18H23FN4O2S. The van der Waals surface area contributed by atoms with E-state index in [4.69, 9.17) is 0 Å². The number of hydrogen-bond donors (Lipinski definition) is 0. The molecule has 1 saturated carbocycles. The highest BCUT2D eigenvalue weighted by atomic mass is 32.2. The van der Waals surface area contributed by atoms with Crippen LogP contribution in [0.25, 0.3) is 0 Å². The topological polar surface area (TPSA) is 68.1 Å². The average molecular weight is 378 g/mol. The highest BCUT2D eigenvalue weighted by Crippen LogP contribution is 2.56. The van der Waals surface area contributed by atoms with E-state index in [1.807, 2.05) is 11.5 Å². The molecule has 0 N–H and O–H groups in total. The van der Waals surface area contributed by atoms with Crippen molar-refractivity contribution in [2.75, 3.05) is 13.1 Å². The molecule has 0 bridgehead atoms. The molecule has 1 unspecified atom stereocenters. The third kappa shape index (κ3) is 2.58. The van der Waals surface area contributed by atoms with Crippen molar-refractivity contribution in [3.05, 3.63) is 41.7 Å². The third-order valence-electron chi connectivity index (χ3n) is 6.04. The van der Waals surface area contributed by atoms with E-state index in [9.17, 15) is 12.8 Å². The van der Waals surface area contributed by atoms with Crippen molar-refractivity contribution >= 4 is 10.0 Å². The maximum Gasteiger partial charge on any atom is 0.243 e. The van der Waals surface area contributed by atoms with Gasteiger partial charge in [0.05, 0.1) is 4.90 Å². The fourth-order valence-corrected chi connectivity index (χ4v) is 5.82. The summed E-state index contributed by atoms with van der Waals surface area (Å²) in [5.74, 6) is 0.398. The highest BCUT2D eigenvalue weighted by molar-refractivity contribution is 7.89. The molecule has 0 amide bonds. The molecule has 1 saturated heterocycles. The van der Waals surface area contributed by atoms with E-state index in [0.29, 0.717) is 18.7 Å². The molecule has 26 heavy (non-hydrogen) atoms. The summed E-state index contributed by atoms with van der Waals surface area (Å²) in [5, 5.41) is 8.32. The van der Waals surface area contributed by atoms with Gasteiger partial charge in [-0.25, -0.2) is 12.8 Å². The molecule has 8 heteroatoms. The van der Waals surface area contributed by atoms with Crippen LogP contribution in [-0.2, 0) is 16.6 Å². The number of hydrogen-bond acceptors (Lipinski definition) is 4. The van der Waals surface area contributed by atoms with E-state index < -0.39 is 15.8 Å². The van der Waals surface area contributed by atoms with Crippen LogP contribution >= 0.6 is 0 Å². The number of rotatable bonds is 4. The first kappa shape index (κ1) is 17.6. The van der Waals surface area contributed by atoms with Gasteiger partial charge in [-0.05, 0) is 49.8 Å². The third-order valence-corrected chi connectivity index (χ3v) is 7.85. The number of sulfonamides is 1. The predicted octanol–water partition coefficient (Wildman–Crippen LogP) is 2.70. The Balaban J connectivity index is 1.69. The van der Waals surface area contributed by atoms with Crippen LogP contribution in [0.2, 0.25) is 0 Å². The van der Waals surface area contributed by atoms with Gasteiger partial charge in [-0.1, -0.05) is 12.5 Å². The Hall–Kier alpha value is -1.80. The van der Waals surface area contributed by atoms with Crippen molar-refractivity contribution in [2.24, 2.45) is 5.41 Å². The molecule has 0 radical (unpaired) electrons. The van der Waals surface area contributed by atoms with Crippen molar-refractivity contribution < 1.29 is 12.8 Å². The molecule has 1 aliphatic carbocycles. The lowest BCUT2D eigenvalue weighted by Gasteiger charge is -2.42. The molecule has 1 spiro atoms. The molecule has 4 rings (SSSR count). The maximum atomic E-state index is 13.9. The van der Waals surface area contributed by atoms with E-state index in [0.717, 1.165) is 37.7 Å². The molecule has 1 aliphatic heterocycles. The number of halogens is 1. The Morgan fingerprint density at radius 1 is 1.35 bits per heavy atom. The molecular weight excluding hydrogens is 355 g/mol. The zero-order valence-electron chi connectivity index (χ0n) is 15.0. The van der Waals surface area contributed by atoms with Crippen LogP contribution in [-0.4, -0.2) is 40.6 Å². The van der Waals surface area contributed by atoms with Gasteiger partial charge >= 0.3 is 0 Å². The lowest BCUT2D eigenvalue weighted by Crippen LogP contribution is -2.38. The zero-order chi connectivity index (χ0) is 18.5. The number of aryl methyl sites for hydroxylation is 2. The number of aromatic nitrogens is 3. The van der Waals surface area contributed by atoms with Gasteiger partial charge in [-0.2, -0.15) is 4.31 Å². The standard InChI is InChI=1S/C18H23FN4O2S/c1-3-22-12-20-21-17(22)15-10-23(11-18(15)7-4-8-18)26(24,25)14-6-5-13(2)16(19)9-14/h5-6,9,12,15H,3-4,7-8,10-11H2,1-2H3. The van der Waals surface area contributed by atoms with E-state index >= 15 is 0 Å². The molecule has 6 nitrogen and oxygen atoms in total. The zero-order valence-corrected chi connectivity index (χ0v) is 15.8. The molecule has 140 valence electrons. The Labute approximate surface area is 153 Å². The van der Waals surface area contributed by atoms with Gasteiger partial charge in [-0.15, -0.1) is 10.2 Å². The van der Waals surface area contributed by atoms with Gasteiger partial charge in [0.15, 0.2) is 0 Å². The molecule has 2 aromatic rings. The molecule has 2 fully saturated rings. The number of nitrogens with zero attached hydrogens (tertiary/aromatic N) is 4. The molecule has 1 aromatic carbocycles.